The van der Waals surface area contributed by atoms with Gasteiger partial charge >= 0.3 is 0 Å². The van der Waals surface area contributed by atoms with Crippen LogP contribution in [0.3, 0.4) is 0 Å². The lowest BCUT2D eigenvalue weighted by Gasteiger charge is -2.34. The number of aromatic amines is 1. The maximum atomic E-state index is 14.5. The van der Waals surface area contributed by atoms with Crippen LogP contribution < -0.4 is 4.90 Å². The summed E-state index contributed by atoms with van der Waals surface area (Å²) in [4.78, 5) is 27.6. The maximum absolute atomic E-state index is 14.5. The molecule has 4 rings (SSSR count). The summed E-state index contributed by atoms with van der Waals surface area (Å²) in [7, 11) is 1.83. The smallest absolute Gasteiger partial charge is 0.270 e. The van der Waals surface area contributed by atoms with Crippen molar-refractivity contribution >= 4 is 22.6 Å². The summed E-state index contributed by atoms with van der Waals surface area (Å²) < 4.78 is 28.4. The fourth-order valence-electron chi connectivity index (χ4n) is 4.10. The second-order valence-corrected chi connectivity index (χ2v) is 7.81. The number of amides is 1. The van der Waals surface area contributed by atoms with Gasteiger partial charge in [0.25, 0.3) is 5.91 Å². The summed E-state index contributed by atoms with van der Waals surface area (Å²) >= 11 is 0. The van der Waals surface area contributed by atoms with Crippen LogP contribution in [0.2, 0.25) is 0 Å². The lowest BCUT2D eigenvalue weighted by Crippen LogP contribution is -2.41. The molecule has 8 heteroatoms. The van der Waals surface area contributed by atoms with E-state index in [1.54, 1.807) is 23.1 Å². The zero-order valence-corrected chi connectivity index (χ0v) is 17.2. The molecule has 3 aromatic rings. The number of benzene rings is 1. The Morgan fingerprint density at radius 2 is 2.03 bits per heavy atom. The molecule has 0 unspecified atom stereocenters. The highest BCUT2D eigenvalue weighted by atomic mass is 19.1. The molecule has 1 aliphatic rings. The minimum atomic E-state index is -0.360. The van der Waals surface area contributed by atoms with Crippen LogP contribution in [0.25, 0.3) is 10.9 Å². The minimum absolute atomic E-state index is 0.119. The van der Waals surface area contributed by atoms with Crippen molar-refractivity contribution in [2.45, 2.75) is 26.2 Å². The monoisotopic (exact) mass is 413 g/mol. The van der Waals surface area contributed by atoms with Gasteiger partial charge in [-0.3, -0.25) is 4.79 Å². The Bertz CT molecular complexity index is 1060. The van der Waals surface area contributed by atoms with Gasteiger partial charge < -0.3 is 14.8 Å². The Hall–Kier alpha value is -3.03. The van der Waals surface area contributed by atoms with Crippen LogP contribution in [0.15, 0.2) is 30.6 Å². The van der Waals surface area contributed by atoms with Crippen molar-refractivity contribution in [3.8, 4) is 0 Å². The molecule has 1 aliphatic heterocycles. The molecule has 3 heterocycles. The van der Waals surface area contributed by atoms with Crippen LogP contribution in [0.1, 0.15) is 35.9 Å². The number of nitrogens with one attached hydrogen (secondary N) is 1. The van der Waals surface area contributed by atoms with E-state index in [2.05, 4.69) is 15.0 Å². The molecule has 6 nitrogen and oxygen atoms in total. The fourth-order valence-corrected chi connectivity index (χ4v) is 4.10. The van der Waals surface area contributed by atoms with Gasteiger partial charge in [-0.25, -0.2) is 18.7 Å². The van der Waals surface area contributed by atoms with E-state index in [1.807, 2.05) is 18.9 Å². The third kappa shape index (κ3) is 3.86. The van der Waals surface area contributed by atoms with Gasteiger partial charge in [0.1, 0.15) is 17.8 Å². The van der Waals surface area contributed by atoms with Crippen molar-refractivity contribution in [1.82, 2.24) is 19.9 Å². The number of halogens is 2. The number of carbonyl (C=O) groups excluding carboxylic acids is 1. The van der Waals surface area contributed by atoms with E-state index in [0.717, 1.165) is 12.8 Å². The van der Waals surface area contributed by atoms with Gasteiger partial charge in [0.2, 0.25) is 0 Å². The molecule has 1 saturated heterocycles. The van der Waals surface area contributed by atoms with Gasteiger partial charge in [-0.05, 0) is 43.4 Å². The predicted octanol–water partition coefficient (Wildman–Crippen LogP) is 3.79. The Labute approximate surface area is 173 Å². The molecule has 0 aliphatic carbocycles. The quantitative estimate of drug-likeness (QED) is 0.691. The topological polar surface area (TPSA) is 65.1 Å². The number of fused-ring (bicyclic) bond motifs is 1. The number of rotatable bonds is 5. The number of H-pyrrole nitrogens is 1. The molecule has 1 amide bonds. The van der Waals surface area contributed by atoms with Crippen LogP contribution >= 0.6 is 0 Å². The van der Waals surface area contributed by atoms with Crippen molar-refractivity contribution in [3.05, 3.63) is 53.6 Å². The van der Waals surface area contributed by atoms with Crippen molar-refractivity contribution in [2.75, 3.05) is 31.6 Å². The van der Waals surface area contributed by atoms with E-state index in [-0.39, 0.29) is 17.5 Å². The number of aromatic nitrogens is 3. The first-order valence-corrected chi connectivity index (χ1v) is 10.2. The van der Waals surface area contributed by atoms with Crippen molar-refractivity contribution in [3.63, 3.8) is 0 Å². The first-order valence-electron chi connectivity index (χ1n) is 10.2. The summed E-state index contributed by atoms with van der Waals surface area (Å²) in [5, 5.41) is 0.427. The second-order valence-electron chi connectivity index (χ2n) is 7.81. The predicted molar refractivity (Wildman–Crippen MR) is 112 cm³/mol. The molecule has 0 atom stereocenters. The Balaban J connectivity index is 1.37. The summed E-state index contributed by atoms with van der Waals surface area (Å²) in [6.45, 7) is 3.75. The van der Waals surface area contributed by atoms with Gasteiger partial charge in [-0.15, -0.1) is 0 Å². The van der Waals surface area contributed by atoms with E-state index in [1.165, 1.54) is 12.4 Å². The van der Waals surface area contributed by atoms with Gasteiger partial charge in [0.05, 0.1) is 5.69 Å². The van der Waals surface area contributed by atoms with Crippen LogP contribution in [-0.2, 0) is 6.42 Å². The first-order chi connectivity index (χ1) is 14.5. The third-order valence-electron chi connectivity index (χ3n) is 5.81. The van der Waals surface area contributed by atoms with E-state index < -0.39 is 0 Å². The van der Waals surface area contributed by atoms with E-state index >= 15 is 0 Å². The average molecular weight is 413 g/mol. The Morgan fingerprint density at radius 1 is 1.27 bits per heavy atom. The molecule has 0 bridgehead atoms. The number of carbonyl (C=O) groups is 1. The van der Waals surface area contributed by atoms with Gasteiger partial charge in [-0.2, -0.15) is 0 Å². The lowest BCUT2D eigenvalue weighted by atomic mass is 9.96. The number of hydrogen-bond donors (Lipinski definition) is 1. The highest BCUT2D eigenvalue weighted by molar-refractivity contribution is 5.98. The molecule has 1 aromatic carbocycles. The number of anilines is 1. The Kier molecular flexibility index (Phi) is 5.65. The zero-order valence-electron chi connectivity index (χ0n) is 17.2. The number of nitrogens with zero attached hydrogens (tertiary/aromatic N) is 4. The highest BCUT2D eigenvalue weighted by Gasteiger charge is 2.26. The van der Waals surface area contributed by atoms with Gasteiger partial charge in [0, 0.05) is 37.6 Å². The van der Waals surface area contributed by atoms with E-state index in [4.69, 9.17) is 0 Å². The van der Waals surface area contributed by atoms with Crippen LogP contribution in [0.5, 0.6) is 0 Å². The molecule has 0 spiro atoms. The molecule has 1 N–H and O–H groups in total. The molecule has 2 aromatic heterocycles. The van der Waals surface area contributed by atoms with E-state index in [9.17, 15) is 13.6 Å². The molecular formula is C22H25F2N5O. The first kappa shape index (κ1) is 20.3. The zero-order chi connectivity index (χ0) is 21.3. The molecular weight excluding hydrogens is 388 g/mol. The summed E-state index contributed by atoms with van der Waals surface area (Å²) in [6.07, 6.45) is 3.56. The molecule has 0 saturated carbocycles. The van der Waals surface area contributed by atoms with Crippen molar-refractivity contribution in [2.24, 2.45) is 5.92 Å². The largest absolute Gasteiger partial charge is 0.357 e. The Morgan fingerprint density at radius 3 is 2.73 bits per heavy atom. The fraction of sp³-hybridized carbons (Fsp3) is 0.409. The molecule has 1 fully saturated rings. The number of aryl methyl sites for hydroxylation is 1. The van der Waals surface area contributed by atoms with Gasteiger partial charge in [0.15, 0.2) is 11.6 Å². The second kappa shape index (κ2) is 8.38. The highest BCUT2D eigenvalue weighted by Crippen LogP contribution is 2.25. The van der Waals surface area contributed by atoms with Crippen LogP contribution in [-0.4, -0.2) is 52.4 Å². The van der Waals surface area contributed by atoms with Crippen LogP contribution in [0, 0.1) is 17.6 Å². The van der Waals surface area contributed by atoms with E-state index in [0.29, 0.717) is 60.1 Å². The lowest BCUT2D eigenvalue weighted by molar-refractivity contribution is 0.0688. The molecule has 158 valence electrons. The third-order valence-corrected chi connectivity index (χ3v) is 5.81. The summed E-state index contributed by atoms with van der Waals surface area (Å²) in [5.41, 5.74) is 1.44. The number of likely N-dealkylation sites (tertiary alicyclic amines) is 1. The summed E-state index contributed by atoms with van der Waals surface area (Å²) in [6, 6.07) is 6.34. The average Bonchev–Trinajstić information content (AvgIpc) is 3.20. The standard InChI is InChI=1S/C22H25F2N5O/c1-3-17-20(24)21(26-13-25-17)28(2)12-14-7-9-29(10-8-14)22(30)19-11-15-16(23)5-4-6-18(15)27-19/h4-6,11,13-14,27H,3,7-10,12H2,1-2H3. The van der Waals surface area contributed by atoms with Gasteiger partial charge in [-0.1, -0.05) is 13.0 Å². The van der Waals surface area contributed by atoms with Crippen molar-refractivity contribution in [1.29, 1.82) is 0 Å². The molecule has 30 heavy (non-hydrogen) atoms. The number of hydrogen-bond acceptors (Lipinski definition) is 4. The minimum Gasteiger partial charge on any atom is -0.357 e. The normalized spacial score (nSPS) is 15.0. The molecule has 0 radical (unpaired) electrons. The van der Waals surface area contributed by atoms with Crippen molar-refractivity contribution < 1.29 is 13.6 Å². The maximum Gasteiger partial charge on any atom is 0.270 e. The van der Waals surface area contributed by atoms with Crippen LogP contribution in [0.4, 0.5) is 14.6 Å². The number of piperidine rings is 1. The SMILES string of the molecule is CCc1ncnc(N(C)CC2CCN(C(=O)c3cc4c(F)cccc4[nH]3)CC2)c1F. The summed E-state index contributed by atoms with van der Waals surface area (Å²) in [5.74, 6) is -0.167.